The van der Waals surface area contributed by atoms with Crippen LogP contribution in [0.5, 0.6) is 0 Å². The summed E-state index contributed by atoms with van der Waals surface area (Å²) in [5, 5.41) is 7.78. The van der Waals surface area contributed by atoms with E-state index >= 15 is 0 Å². The number of aryl methyl sites for hydroxylation is 2. The van der Waals surface area contributed by atoms with E-state index in [4.69, 9.17) is 13.7 Å². The van der Waals surface area contributed by atoms with E-state index in [9.17, 15) is 0 Å². The molecule has 0 saturated heterocycles. The van der Waals surface area contributed by atoms with Gasteiger partial charge in [-0.05, 0) is 110 Å². The summed E-state index contributed by atoms with van der Waals surface area (Å²) in [5.41, 5.74) is 10.5. The van der Waals surface area contributed by atoms with Gasteiger partial charge in [0.05, 0.1) is 58.2 Å². The van der Waals surface area contributed by atoms with Crippen molar-refractivity contribution in [2.75, 3.05) is 9.80 Å². The Balaban J connectivity index is 1.10. The Labute approximate surface area is 360 Å². The van der Waals surface area contributed by atoms with Crippen molar-refractivity contribution in [1.82, 2.24) is 8.80 Å². The molecular formula is C56H38N4. The van der Waals surface area contributed by atoms with Crippen LogP contribution in [-0.4, -0.2) is 8.80 Å². The van der Waals surface area contributed by atoms with Gasteiger partial charge in [-0.15, -0.1) is 0 Å². The molecule has 0 atom stereocenters. The Kier molecular flexibility index (Phi) is 5.11. The van der Waals surface area contributed by atoms with Gasteiger partial charge in [-0.25, -0.2) is 0 Å². The minimum absolute atomic E-state index is 0.0668. The Bertz CT molecular complexity index is 4080. The predicted molar refractivity (Wildman–Crippen MR) is 255 cm³/mol. The molecule has 0 aliphatic carbocycles. The molecule has 0 radical (unpaired) electrons. The first-order valence-electron chi connectivity index (χ1n) is 25.0. The highest BCUT2D eigenvalue weighted by Crippen LogP contribution is 2.50. The summed E-state index contributed by atoms with van der Waals surface area (Å²) in [7, 11) is 0. The number of aromatic nitrogens is 2. The number of hydrogen-bond acceptors (Lipinski definition) is 2. The van der Waals surface area contributed by atoms with Gasteiger partial charge in [-0.2, -0.15) is 0 Å². The smallest absolute Gasteiger partial charge is 0.0645 e. The molecule has 4 aromatic heterocycles. The first-order valence-corrected chi connectivity index (χ1v) is 20.0. The monoisotopic (exact) mass is 776 g/mol. The molecule has 4 heteroatoms. The number of para-hydroxylation sites is 4. The minimum Gasteiger partial charge on any atom is -0.310 e. The van der Waals surface area contributed by atoms with Crippen LogP contribution in [-0.2, 0) is 0 Å². The molecule has 0 N–H and O–H groups in total. The highest BCUT2D eigenvalue weighted by molar-refractivity contribution is 6.31. The van der Waals surface area contributed by atoms with Crippen LogP contribution in [0.15, 0.2) is 194 Å². The number of rotatable bonds is 6. The third-order valence-electron chi connectivity index (χ3n) is 12.2. The van der Waals surface area contributed by atoms with Crippen LogP contribution in [0.1, 0.15) is 24.8 Å². The molecule has 0 aliphatic rings. The van der Waals surface area contributed by atoms with Crippen LogP contribution in [0.2, 0.25) is 0 Å². The minimum atomic E-state index is -0.450. The molecule has 13 rings (SSSR count). The summed E-state index contributed by atoms with van der Waals surface area (Å²) in [6.45, 7) is 3.94. The van der Waals surface area contributed by atoms with E-state index < -0.39 is 36.3 Å². The summed E-state index contributed by atoms with van der Waals surface area (Å²) >= 11 is 0. The van der Waals surface area contributed by atoms with Crippen LogP contribution in [0, 0.1) is 13.8 Å². The third kappa shape index (κ3) is 4.50. The van der Waals surface area contributed by atoms with Gasteiger partial charge in [0.15, 0.2) is 0 Å². The molecule has 0 amide bonds. The van der Waals surface area contributed by atoms with Crippen LogP contribution in [0.25, 0.3) is 76.2 Å². The van der Waals surface area contributed by atoms with E-state index in [1.54, 1.807) is 0 Å². The average Bonchev–Trinajstić information content (AvgIpc) is 4.10. The van der Waals surface area contributed by atoms with E-state index in [1.807, 2.05) is 109 Å². The largest absolute Gasteiger partial charge is 0.310 e. The number of anilines is 6. The summed E-state index contributed by atoms with van der Waals surface area (Å²) < 4.78 is 92.6. The Hall–Kier alpha value is -7.82. The number of benzene rings is 9. The van der Waals surface area contributed by atoms with Crippen molar-refractivity contribution in [1.29, 1.82) is 0 Å². The maximum absolute atomic E-state index is 9.15. The van der Waals surface area contributed by atoms with E-state index in [0.717, 1.165) is 87.3 Å². The quantitative estimate of drug-likeness (QED) is 0.167. The predicted octanol–water partition coefficient (Wildman–Crippen LogP) is 15.5. The highest BCUT2D eigenvalue weighted by Gasteiger charge is 2.26. The van der Waals surface area contributed by atoms with Crippen molar-refractivity contribution < 1.29 is 13.7 Å². The molecule has 0 fully saturated rings. The first-order chi connectivity index (χ1) is 33.8. The van der Waals surface area contributed by atoms with Crippen LogP contribution in [0.3, 0.4) is 0 Å². The second-order valence-corrected chi connectivity index (χ2v) is 15.6. The summed E-state index contributed by atoms with van der Waals surface area (Å²) in [6.07, 6.45) is 0. The molecule has 60 heavy (non-hydrogen) atoms. The molecule has 4 heterocycles. The number of fused-ring (bicyclic) bond motifs is 12. The normalized spacial score (nSPS) is 14.5. The molecule has 0 bridgehead atoms. The van der Waals surface area contributed by atoms with Crippen molar-refractivity contribution in [2.45, 2.75) is 13.8 Å². The lowest BCUT2D eigenvalue weighted by Gasteiger charge is -2.26. The zero-order chi connectivity index (χ0) is 48.3. The molecule has 282 valence electrons. The second-order valence-electron chi connectivity index (χ2n) is 15.6. The second kappa shape index (κ2) is 12.3. The van der Waals surface area contributed by atoms with Gasteiger partial charge in [-0.3, -0.25) is 0 Å². The van der Waals surface area contributed by atoms with Crippen LogP contribution in [0.4, 0.5) is 34.1 Å². The number of hydrogen-bond donors (Lipinski definition) is 0. The van der Waals surface area contributed by atoms with E-state index in [-0.39, 0.29) is 35.5 Å². The topological polar surface area (TPSA) is 15.3 Å². The fourth-order valence-corrected chi connectivity index (χ4v) is 9.90. The molecule has 4 nitrogen and oxygen atoms in total. The average molecular weight is 777 g/mol. The Morgan fingerprint density at radius 3 is 1.20 bits per heavy atom. The summed E-state index contributed by atoms with van der Waals surface area (Å²) in [6, 6.07) is 40.8. The standard InChI is InChI=1S/C56H38N4/c1-35-15-9-21-39(31-35)57(37-17-5-3-6-18-37)47-27-13-29-49-53(47)43-25-11-23-41-45-34-52-46(33-51(45)59(49)55(41)43)42-24-12-26-44-54-48(28-14-30-50(54)60(52)56(42)44)58(38-19-7-4-8-20-38)40-22-10-16-36(2)32-40/h3-34H,1-2H3/i3D,4D,5D,6D,7D,8D,17D,18D,19D,20D. The fourth-order valence-electron chi connectivity index (χ4n) is 9.90. The fraction of sp³-hybridized carbons (Fsp3) is 0.0357. The van der Waals surface area contributed by atoms with Crippen molar-refractivity contribution >= 4 is 110 Å². The van der Waals surface area contributed by atoms with E-state index in [1.165, 1.54) is 0 Å². The lowest BCUT2D eigenvalue weighted by Crippen LogP contribution is -2.10. The summed E-state index contributed by atoms with van der Waals surface area (Å²) in [4.78, 5) is 3.62. The van der Waals surface area contributed by atoms with Gasteiger partial charge in [0.25, 0.3) is 0 Å². The van der Waals surface area contributed by atoms with Crippen molar-refractivity contribution in [3.05, 3.63) is 205 Å². The van der Waals surface area contributed by atoms with Gasteiger partial charge >= 0.3 is 0 Å². The lowest BCUT2D eigenvalue weighted by atomic mass is 10.0. The molecular weight excluding hydrogens is 729 g/mol. The third-order valence-corrected chi connectivity index (χ3v) is 12.2. The van der Waals surface area contributed by atoms with Gasteiger partial charge in [0, 0.05) is 65.8 Å². The van der Waals surface area contributed by atoms with Gasteiger partial charge in [0.2, 0.25) is 0 Å². The Morgan fingerprint density at radius 2 is 0.767 bits per heavy atom. The van der Waals surface area contributed by atoms with Crippen LogP contribution >= 0.6 is 0 Å². The molecule has 0 unspecified atom stereocenters. The van der Waals surface area contributed by atoms with Crippen LogP contribution < -0.4 is 9.80 Å². The molecule has 0 aliphatic heterocycles. The zero-order valence-electron chi connectivity index (χ0n) is 42.5. The highest BCUT2D eigenvalue weighted by atomic mass is 15.2. The van der Waals surface area contributed by atoms with Gasteiger partial charge in [-0.1, -0.05) is 109 Å². The first kappa shape index (κ1) is 24.8. The van der Waals surface area contributed by atoms with E-state index in [2.05, 4.69) is 57.3 Å². The van der Waals surface area contributed by atoms with Crippen molar-refractivity contribution in [3.8, 4) is 0 Å². The zero-order valence-corrected chi connectivity index (χ0v) is 32.5. The maximum Gasteiger partial charge on any atom is 0.0645 e. The Morgan fingerprint density at radius 1 is 0.367 bits per heavy atom. The lowest BCUT2D eigenvalue weighted by molar-refractivity contribution is 1.28. The van der Waals surface area contributed by atoms with Crippen molar-refractivity contribution in [2.24, 2.45) is 0 Å². The SMILES string of the molecule is [2H]c1c([2H])c([2H])c(N(c2cccc(C)c2)c2cccc3c2c2cccc4c5cc6c(cc5n3c42)c2cccc3c4c(N(c5cccc(C)c5)c5c([2H])c([2H])c([2H])c([2H])c5[2H])cccc4n6c23)c([2H])c1[2H]. The number of nitrogens with zero attached hydrogens (tertiary/aromatic N) is 4. The van der Waals surface area contributed by atoms with Gasteiger partial charge < -0.3 is 18.6 Å². The van der Waals surface area contributed by atoms with Crippen molar-refractivity contribution in [3.63, 3.8) is 0 Å². The molecule has 0 spiro atoms. The maximum atomic E-state index is 9.15. The van der Waals surface area contributed by atoms with E-state index in [0.29, 0.717) is 22.7 Å². The molecule has 13 aromatic rings. The van der Waals surface area contributed by atoms with Gasteiger partial charge in [0.1, 0.15) is 0 Å². The summed E-state index contributed by atoms with van der Waals surface area (Å²) in [5.74, 6) is 0. The molecule has 9 aromatic carbocycles. The molecule has 0 saturated carbocycles.